The van der Waals surface area contributed by atoms with Crippen LogP contribution in [0.4, 0.5) is 4.39 Å². The Kier molecular flexibility index (Phi) is 5.32. The van der Waals surface area contributed by atoms with Gasteiger partial charge in [0.05, 0.1) is 13.5 Å². The van der Waals surface area contributed by atoms with Gasteiger partial charge in [-0.3, -0.25) is 4.79 Å². The van der Waals surface area contributed by atoms with Crippen molar-refractivity contribution in [3.05, 3.63) is 65.5 Å². The highest BCUT2D eigenvalue weighted by Gasteiger charge is 2.07. The Morgan fingerprint density at radius 3 is 2.76 bits per heavy atom. The molecule has 1 N–H and O–H groups in total. The van der Waals surface area contributed by atoms with E-state index in [0.29, 0.717) is 18.5 Å². The third kappa shape index (κ3) is 4.60. The number of methoxy groups -OCH3 is 1. The molecular formula is C17H18FNO2. The number of ether oxygens (including phenoxy) is 1. The van der Waals surface area contributed by atoms with Gasteiger partial charge in [0, 0.05) is 6.54 Å². The molecule has 0 aliphatic rings. The van der Waals surface area contributed by atoms with Crippen LogP contribution in [0.15, 0.2) is 48.5 Å². The molecule has 1 amide bonds. The van der Waals surface area contributed by atoms with Gasteiger partial charge in [-0.05, 0) is 35.7 Å². The number of rotatable bonds is 6. The molecule has 2 aromatic carbocycles. The first kappa shape index (κ1) is 15.0. The number of amides is 1. The minimum Gasteiger partial charge on any atom is -0.497 e. The molecule has 0 aliphatic carbocycles. The highest BCUT2D eigenvalue weighted by Crippen LogP contribution is 2.12. The van der Waals surface area contributed by atoms with Gasteiger partial charge < -0.3 is 10.1 Å². The van der Waals surface area contributed by atoms with E-state index in [4.69, 9.17) is 4.74 Å². The van der Waals surface area contributed by atoms with Gasteiger partial charge in [-0.25, -0.2) is 4.39 Å². The van der Waals surface area contributed by atoms with E-state index in [0.717, 1.165) is 11.3 Å². The maximum Gasteiger partial charge on any atom is 0.224 e. The summed E-state index contributed by atoms with van der Waals surface area (Å²) in [6, 6.07) is 14.0. The summed E-state index contributed by atoms with van der Waals surface area (Å²) in [4.78, 5) is 11.8. The fraction of sp³-hybridized carbons (Fsp3) is 0.235. The molecule has 0 spiro atoms. The quantitative estimate of drug-likeness (QED) is 0.887. The largest absolute Gasteiger partial charge is 0.497 e. The number of carbonyl (C=O) groups is 1. The summed E-state index contributed by atoms with van der Waals surface area (Å²) in [5.74, 6) is 0.272. The molecule has 0 saturated heterocycles. The second-order valence-corrected chi connectivity index (χ2v) is 4.72. The number of benzene rings is 2. The first-order chi connectivity index (χ1) is 10.2. The lowest BCUT2D eigenvalue weighted by molar-refractivity contribution is -0.120. The highest BCUT2D eigenvalue weighted by molar-refractivity contribution is 5.78. The molecule has 2 rings (SSSR count). The van der Waals surface area contributed by atoms with E-state index in [1.165, 1.54) is 6.07 Å². The third-order valence-corrected chi connectivity index (χ3v) is 3.18. The Balaban J connectivity index is 1.80. The minimum atomic E-state index is -0.347. The van der Waals surface area contributed by atoms with Crippen LogP contribution in [-0.2, 0) is 17.6 Å². The Morgan fingerprint density at radius 1 is 1.19 bits per heavy atom. The van der Waals surface area contributed by atoms with Crippen molar-refractivity contribution in [3.63, 3.8) is 0 Å². The van der Waals surface area contributed by atoms with Crippen LogP contribution in [0, 0.1) is 5.82 Å². The standard InChI is InChI=1S/C17H18FNO2/c1-21-15-7-4-5-13(11-15)9-10-19-17(20)12-14-6-2-3-8-16(14)18/h2-8,11H,9-10,12H2,1H3,(H,19,20). The van der Waals surface area contributed by atoms with E-state index in [2.05, 4.69) is 5.32 Å². The molecule has 0 atom stereocenters. The van der Waals surface area contributed by atoms with E-state index < -0.39 is 0 Å². The average molecular weight is 287 g/mol. The third-order valence-electron chi connectivity index (χ3n) is 3.18. The van der Waals surface area contributed by atoms with Crippen LogP contribution in [-0.4, -0.2) is 19.6 Å². The normalized spacial score (nSPS) is 10.2. The zero-order chi connectivity index (χ0) is 15.1. The monoisotopic (exact) mass is 287 g/mol. The molecule has 0 heterocycles. The zero-order valence-corrected chi connectivity index (χ0v) is 11.9. The van der Waals surface area contributed by atoms with E-state index in [1.807, 2.05) is 24.3 Å². The average Bonchev–Trinajstić information content (AvgIpc) is 2.50. The smallest absolute Gasteiger partial charge is 0.224 e. The van der Waals surface area contributed by atoms with Crippen molar-refractivity contribution in [2.24, 2.45) is 0 Å². The predicted molar refractivity (Wildman–Crippen MR) is 79.8 cm³/mol. The van der Waals surface area contributed by atoms with E-state index >= 15 is 0 Å². The molecule has 0 bridgehead atoms. The summed E-state index contributed by atoms with van der Waals surface area (Å²) in [6.45, 7) is 0.514. The van der Waals surface area contributed by atoms with Crippen LogP contribution in [0.2, 0.25) is 0 Å². The van der Waals surface area contributed by atoms with E-state index in [9.17, 15) is 9.18 Å². The van der Waals surface area contributed by atoms with Crippen LogP contribution in [0.1, 0.15) is 11.1 Å². The fourth-order valence-electron chi connectivity index (χ4n) is 2.05. The van der Waals surface area contributed by atoms with Gasteiger partial charge in [0.2, 0.25) is 5.91 Å². The Bertz CT molecular complexity index is 613. The molecule has 4 heteroatoms. The number of hydrogen-bond donors (Lipinski definition) is 1. The van der Waals surface area contributed by atoms with Crippen molar-refractivity contribution in [3.8, 4) is 5.75 Å². The molecule has 3 nitrogen and oxygen atoms in total. The molecule has 0 saturated carbocycles. The number of nitrogens with one attached hydrogen (secondary N) is 1. The maximum absolute atomic E-state index is 13.4. The zero-order valence-electron chi connectivity index (χ0n) is 11.9. The van der Waals surface area contributed by atoms with Gasteiger partial charge in [-0.15, -0.1) is 0 Å². The van der Waals surface area contributed by atoms with E-state index in [1.54, 1.807) is 25.3 Å². The Labute approximate surface area is 123 Å². The van der Waals surface area contributed by atoms with Crippen LogP contribution in [0.25, 0.3) is 0 Å². The minimum absolute atomic E-state index is 0.0603. The Morgan fingerprint density at radius 2 is 2.00 bits per heavy atom. The van der Waals surface area contributed by atoms with Crippen LogP contribution < -0.4 is 10.1 Å². The second kappa shape index (κ2) is 7.43. The number of hydrogen-bond acceptors (Lipinski definition) is 2. The lowest BCUT2D eigenvalue weighted by atomic mass is 10.1. The van der Waals surface area contributed by atoms with Gasteiger partial charge in [0.15, 0.2) is 0 Å². The summed E-state index contributed by atoms with van der Waals surface area (Å²) in [6.07, 6.45) is 0.769. The van der Waals surface area contributed by atoms with Gasteiger partial charge >= 0.3 is 0 Å². The molecule has 21 heavy (non-hydrogen) atoms. The van der Waals surface area contributed by atoms with Crippen molar-refractivity contribution >= 4 is 5.91 Å². The number of halogens is 1. The first-order valence-electron chi connectivity index (χ1n) is 6.82. The highest BCUT2D eigenvalue weighted by atomic mass is 19.1. The van der Waals surface area contributed by atoms with Crippen LogP contribution in [0.3, 0.4) is 0 Å². The summed E-state index contributed by atoms with van der Waals surface area (Å²) >= 11 is 0. The molecule has 0 unspecified atom stereocenters. The van der Waals surface area contributed by atoms with Crippen molar-refractivity contribution in [1.29, 1.82) is 0 Å². The van der Waals surface area contributed by atoms with Crippen LogP contribution in [0.5, 0.6) is 5.75 Å². The summed E-state index contributed by atoms with van der Waals surface area (Å²) in [7, 11) is 1.62. The second-order valence-electron chi connectivity index (χ2n) is 4.72. The lowest BCUT2D eigenvalue weighted by Crippen LogP contribution is -2.27. The topological polar surface area (TPSA) is 38.3 Å². The van der Waals surface area contributed by atoms with Gasteiger partial charge in [-0.2, -0.15) is 0 Å². The first-order valence-corrected chi connectivity index (χ1v) is 6.82. The molecule has 0 aliphatic heterocycles. The van der Waals surface area contributed by atoms with Crippen molar-refractivity contribution in [2.45, 2.75) is 12.8 Å². The van der Waals surface area contributed by atoms with Crippen LogP contribution >= 0.6 is 0 Å². The molecule has 110 valence electrons. The van der Waals surface area contributed by atoms with Gasteiger partial charge in [0.1, 0.15) is 11.6 Å². The van der Waals surface area contributed by atoms with Gasteiger partial charge in [0.25, 0.3) is 0 Å². The van der Waals surface area contributed by atoms with Crippen molar-refractivity contribution < 1.29 is 13.9 Å². The lowest BCUT2D eigenvalue weighted by Gasteiger charge is -2.07. The van der Waals surface area contributed by atoms with Gasteiger partial charge in [-0.1, -0.05) is 30.3 Å². The molecular weight excluding hydrogens is 269 g/mol. The molecule has 0 aromatic heterocycles. The SMILES string of the molecule is COc1cccc(CCNC(=O)Cc2ccccc2F)c1. The molecule has 0 fully saturated rings. The molecule has 2 aromatic rings. The maximum atomic E-state index is 13.4. The predicted octanol–water partition coefficient (Wildman–Crippen LogP) is 2.74. The fourth-order valence-corrected chi connectivity index (χ4v) is 2.05. The van der Waals surface area contributed by atoms with Crippen molar-refractivity contribution in [2.75, 3.05) is 13.7 Å². The summed E-state index contributed by atoms with van der Waals surface area (Å²) < 4.78 is 18.6. The summed E-state index contributed by atoms with van der Waals surface area (Å²) in [5.41, 5.74) is 1.50. The number of carbonyl (C=O) groups excluding carboxylic acids is 1. The van der Waals surface area contributed by atoms with E-state index in [-0.39, 0.29) is 18.1 Å². The Hall–Kier alpha value is -2.36. The summed E-state index contributed by atoms with van der Waals surface area (Å²) in [5, 5.41) is 2.80. The molecule has 0 radical (unpaired) electrons. The van der Waals surface area contributed by atoms with Crippen molar-refractivity contribution in [1.82, 2.24) is 5.32 Å².